The van der Waals surface area contributed by atoms with E-state index in [9.17, 15) is 4.79 Å². The molecule has 1 aliphatic carbocycles. The summed E-state index contributed by atoms with van der Waals surface area (Å²) in [5.74, 6) is 0.294. The Morgan fingerprint density at radius 2 is 2.11 bits per heavy atom. The number of aromatic nitrogens is 1. The molecule has 0 amide bonds. The Morgan fingerprint density at radius 1 is 1.32 bits per heavy atom. The maximum absolute atomic E-state index is 12.2. The van der Waals surface area contributed by atoms with Crippen LogP contribution >= 0.6 is 0 Å². The molecule has 2 aliphatic rings. The molecule has 2 heterocycles. The zero-order valence-electron chi connectivity index (χ0n) is 12.2. The lowest BCUT2D eigenvalue weighted by molar-refractivity contribution is 0.00537. The number of rotatable bonds is 2. The van der Waals surface area contributed by atoms with Crippen molar-refractivity contribution >= 4 is 5.78 Å². The summed E-state index contributed by atoms with van der Waals surface area (Å²) >= 11 is 0. The van der Waals surface area contributed by atoms with Gasteiger partial charge in [0.15, 0.2) is 5.78 Å². The predicted molar refractivity (Wildman–Crippen MR) is 74.5 cm³/mol. The fourth-order valence-electron chi connectivity index (χ4n) is 3.47. The molecule has 0 radical (unpaired) electrons. The van der Waals surface area contributed by atoms with Gasteiger partial charge in [-0.3, -0.25) is 4.79 Å². The third-order valence-corrected chi connectivity index (χ3v) is 4.47. The highest BCUT2D eigenvalue weighted by molar-refractivity contribution is 5.98. The lowest BCUT2D eigenvalue weighted by atomic mass is 9.76. The lowest BCUT2D eigenvalue weighted by Crippen LogP contribution is -2.33. The second kappa shape index (κ2) is 4.20. The molecule has 1 saturated heterocycles. The molecule has 1 aliphatic heterocycles. The highest BCUT2D eigenvalue weighted by Crippen LogP contribution is 2.36. The van der Waals surface area contributed by atoms with Crippen LogP contribution < -0.4 is 0 Å². The van der Waals surface area contributed by atoms with Crippen molar-refractivity contribution in [1.29, 1.82) is 0 Å². The fraction of sp³-hybridized carbons (Fsp3) is 0.688. The summed E-state index contributed by atoms with van der Waals surface area (Å²) in [5, 5.41) is 0. The van der Waals surface area contributed by atoms with E-state index in [1.165, 1.54) is 5.69 Å². The first-order valence-electron chi connectivity index (χ1n) is 7.24. The molecule has 1 aromatic heterocycles. The van der Waals surface area contributed by atoms with Crippen LogP contribution in [0.2, 0.25) is 0 Å². The van der Waals surface area contributed by atoms with E-state index in [0.29, 0.717) is 12.2 Å². The summed E-state index contributed by atoms with van der Waals surface area (Å²) in [5.41, 5.74) is 2.16. The first-order chi connectivity index (χ1) is 8.89. The van der Waals surface area contributed by atoms with Crippen LogP contribution in [-0.2, 0) is 17.7 Å². The predicted octanol–water partition coefficient (Wildman–Crippen LogP) is 3.21. The molecule has 19 heavy (non-hydrogen) atoms. The van der Waals surface area contributed by atoms with Gasteiger partial charge in [-0.05, 0) is 37.7 Å². The van der Waals surface area contributed by atoms with E-state index in [1.807, 2.05) is 6.07 Å². The minimum Gasteiger partial charge on any atom is -0.373 e. The first kappa shape index (κ1) is 12.9. The molecule has 3 heteroatoms. The van der Waals surface area contributed by atoms with Crippen LogP contribution in [0.25, 0.3) is 0 Å². The number of fused-ring (bicyclic) bond motifs is 1. The minimum absolute atomic E-state index is 0.0581. The topological polar surface area (TPSA) is 31.2 Å². The fourth-order valence-corrected chi connectivity index (χ4v) is 3.47. The summed E-state index contributed by atoms with van der Waals surface area (Å²) in [6.07, 6.45) is 5.97. The Balaban J connectivity index is 1.90. The summed E-state index contributed by atoms with van der Waals surface area (Å²) in [7, 11) is 0. The molecular formula is C16H23NO2. The zero-order valence-corrected chi connectivity index (χ0v) is 12.2. The van der Waals surface area contributed by atoms with Crippen molar-refractivity contribution in [3.05, 3.63) is 23.5 Å². The van der Waals surface area contributed by atoms with Gasteiger partial charge in [-0.1, -0.05) is 13.8 Å². The average molecular weight is 261 g/mol. The van der Waals surface area contributed by atoms with Crippen molar-refractivity contribution < 1.29 is 9.53 Å². The Kier molecular flexibility index (Phi) is 2.86. The van der Waals surface area contributed by atoms with Gasteiger partial charge in [0.2, 0.25) is 0 Å². The molecule has 1 atom stereocenters. The number of hydrogen-bond donors (Lipinski definition) is 0. The van der Waals surface area contributed by atoms with Gasteiger partial charge in [0.25, 0.3) is 0 Å². The van der Waals surface area contributed by atoms with Crippen molar-refractivity contribution in [1.82, 2.24) is 4.57 Å². The largest absolute Gasteiger partial charge is 0.373 e. The average Bonchev–Trinajstić information content (AvgIpc) is 2.86. The molecule has 0 bridgehead atoms. The highest BCUT2D eigenvalue weighted by atomic mass is 16.5. The number of ketones is 1. The van der Waals surface area contributed by atoms with Crippen LogP contribution in [0.4, 0.5) is 0 Å². The minimum atomic E-state index is -0.0581. The van der Waals surface area contributed by atoms with Crippen LogP contribution in [0.1, 0.15) is 56.1 Å². The smallest absolute Gasteiger partial charge is 0.165 e. The van der Waals surface area contributed by atoms with Gasteiger partial charge in [-0.2, -0.15) is 0 Å². The van der Waals surface area contributed by atoms with Crippen LogP contribution in [0.3, 0.4) is 0 Å². The normalized spacial score (nSPS) is 29.5. The second-order valence-electron chi connectivity index (χ2n) is 7.15. The van der Waals surface area contributed by atoms with Crippen molar-refractivity contribution in [3.63, 3.8) is 0 Å². The van der Waals surface area contributed by atoms with Crippen LogP contribution in [0.5, 0.6) is 0 Å². The van der Waals surface area contributed by atoms with Gasteiger partial charge in [-0.15, -0.1) is 0 Å². The molecule has 0 saturated carbocycles. The Labute approximate surface area is 114 Å². The third kappa shape index (κ3) is 2.36. The van der Waals surface area contributed by atoms with Gasteiger partial charge in [0.05, 0.1) is 12.1 Å². The molecule has 1 aromatic rings. The number of Topliss-reactive ketones (excluding diaryl/α,β-unsaturated/α-hetero) is 1. The number of hydrogen-bond acceptors (Lipinski definition) is 2. The molecule has 0 N–H and O–H groups in total. The maximum Gasteiger partial charge on any atom is 0.165 e. The Morgan fingerprint density at radius 3 is 2.79 bits per heavy atom. The monoisotopic (exact) mass is 261 g/mol. The van der Waals surface area contributed by atoms with E-state index in [2.05, 4.69) is 31.5 Å². The van der Waals surface area contributed by atoms with Gasteiger partial charge >= 0.3 is 0 Å². The molecule has 1 fully saturated rings. The van der Waals surface area contributed by atoms with Gasteiger partial charge < -0.3 is 9.30 Å². The van der Waals surface area contributed by atoms with Crippen molar-refractivity contribution in [2.45, 2.75) is 58.6 Å². The first-order valence-corrected chi connectivity index (χ1v) is 7.24. The van der Waals surface area contributed by atoms with Gasteiger partial charge in [-0.25, -0.2) is 0 Å². The Hall–Kier alpha value is -1.09. The van der Waals surface area contributed by atoms with E-state index < -0.39 is 0 Å². The molecule has 0 aromatic carbocycles. The van der Waals surface area contributed by atoms with Crippen LogP contribution in [0, 0.1) is 5.41 Å². The molecule has 3 nitrogen and oxygen atoms in total. The van der Waals surface area contributed by atoms with E-state index >= 15 is 0 Å². The standard InChI is InChI=1S/C16H23NO2/c1-15(2)9-13-12(14(18)10-15)5-7-17(13)11-16(3)6-4-8-19-16/h5,7H,4,6,8-11H2,1-3H3. The van der Waals surface area contributed by atoms with Crippen LogP contribution in [0.15, 0.2) is 12.3 Å². The van der Waals surface area contributed by atoms with E-state index in [4.69, 9.17) is 4.74 Å². The summed E-state index contributed by atoms with van der Waals surface area (Å²) in [4.78, 5) is 12.2. The third-order valence-electron chi connectivity index (χ3n) is 4.47. The van der Waals surface area contributed by atoms with Crippen molar-refractivity contribution in [2.75, 3.05) is 6.61 Å². The number of carbonyl (C=O) groups excluding carboxylic acids is 1. The maximum atomic E-state index is 12.2. The van der Waals surface area contributed by atoms with E-state index in [1.54, 1.807) is 0 Å². The second-order valence-corrected chi connectivity index (χ2v) is 7.15. The van der Waals surface area contributed by atoms with Crippen molar-refractivity contribution in [2.24, 2.45) is 5.41 Å². The lowest BCUT2D eigenvalue weighted by Gasteiger charge is -2.31. The highest BCUT2D eigenvalue weighted by Gasteiger charge is 2.35. The van der Waals surface area contributed by atoms with E-state index in [-0.39, 0.29) is 11.0 Å². The number of carbonyl (C=O) groups is 1. The molecule has 104 valence electrons. The number of ether oxygens (including phenoxy) is 1. The summed E-state index contributed by atoms with van der Waals surface area (Å²) in [6.45, 7) is 8.27. The van der Waals surface area contributed by atoms with Crippen molar-refractivity contribution in [3.8, 4) is 0 Å². The van der Waals surface area contributed by atoms with E-state index in [0.717, 1.165) is 38.0 Å². The van der Waals surface area contributed by atoms with Crippen LogP contribution in [-0.4, -0.2) is 22.6 Å². The molecule has 1 unspecified atom stereocenters. The summed E-state index contributed by atoms with van der Waals surface area (Å²) < 4.78 is 8.13. The SMILES string of the molecule is CC1(C)CC(=O)c2ccn(CC3(C)CCCO3)c2C1. The van der Waals surface area contributed by atoms with Gasteiger partial charge in [0.1, 0.15) is 0 Å². The Bertz CT molecular complexity index is 507. The quantitative estimate of drug-likeness (QED) is 0.818. The number of nitrogens with zero attached hydrogens (tertiary/aromatic N) is 1. The molecule has 0 spiro atoms. The molecule has 3 rings (SSSR count). The molecular weight excluding hydrogens is 238 g/mol. The zero-order chi connectivity index (χ0) is 13.7. The summed E-state index contributed by atoms with van der Waals surface area (Å²) in [6, 6.07) is 1.99. The van der Waals surface area contributed by atoms with Gasteiger partial charge in [0, 0.05) is 30.5 Å².